The molecule has 0 aliphatic carbocycles. The van der Waals surface area contributed by atoms with Crippen molar-refractivity contribution in [3.8, 4) is 0 Å². The number of benzene rings is 1. The highest BCUT2D eigenvalue weighted by atomic mass is 32.2. The molecule has 0 saturated carbocycles. The van der Waals surface area contributed by atoms with E-state index < -0.39 is 33.5 Å². The van der Waals surface area contributed by atoms with Crippen LogP contribution in [0.4, 0.5) is 13.2 Å². The minimum Gasteiger partial charge on any atom is -0.350 e. The molecule has 0 aliphatic rings. The first-order valence-electron chi connectivity index (χ1n) is 6.15. The molecular formula is C13H16F3NO3S. The van der Waals surface area contributed by atoms with E-state index in [1.165, 1.54) is 6.07 Å². The topological polar surface area (TPSA) is 63.2 Å². The number of carbonyl (C=O) groups excluding carboxylic acids is 1. The Morgan fingerprint density at radius 2 is 1.95 bits per heavy atom. The van der Waals surface area contributed by atoms with Crippen LogP contribution in [0.25, 0.3) is 0 Å². The van der Waals surface area contributed by atoms with E-state index >= 15 is 0 Å². The third-order valence-electron chi connectivity index (χ3n) is 2.75. The van der Waals surface area contributed by atoms with Gasteiger partial charge < -0.3 is 5.32 Å². The summed E-state index contributed by atoms with van der Waals surface area (Å²) in [6.45, 7) is 1.59. The van der Waals surface area contributed by atoms with Crippen LogP contribution in [0.5, 0.6) is 0 Å². The van der Waals surface area contributed by atoms with Crippen molar-refractivity contribution in [1.82, 2.24) is 5.32 Å². The van der Waals surface area contributed by atoms with E-state index in [9.17, 15) is 26.4 Å². The molecule has 0 fully saturated rings. The van der Waals surface area contributed by atoms with E-state index in [4.69, 9.17) is 0 Å². The van der Waals surface area contributed by atoms with Crippen molar-refractivity contribution in [2.45, 2.75) is 25.6 Å². The zero-order valence-corrected chi connectivity index (χ0v) is 12.4. The second-order valence-corrected chi connectivity index (χ2v) is 7.13. The molecule has 1 aromatic carbocycles. The Morgan fingerprint density at radius 1 is 1.33 bits per heavy atom. The lowest BCUT2D eigenvalue weighted by Gasteiger charge is -2.14. The van der Waals surface area contributed by atoms with Gasteiger partial charge in [0.25, 0.3) is 5.91 Å². The van der Waals surface area contributed by atoms with E-state index in [1.54, 1.807) is 6.92 Å². The fourth-order valence-electron chi connectivity index (χ4n) is 1.61. The first-order valence-corrected chi connectivity index (χ1v) is 8.21. The smallest absolute Gasteiger partial charge is 0.350 e. The van der Waals surface area contributed by atoms with E-state index in [0.29, 0.717) is 0 Å². The number of halogens is 3. The van der Waals surface area contributed by atoms with Crippen molar-refractivity contribution in [1.29, 1.82) is 0 Å². The highest BCUT2D eigenvalue weighted by Gasteiger charge is 2.30. The molecule has 0 aromatic heterocycles. The van der Waals surface area contributed by atoms with Crippen LogP contribution in [0.15, 0.2) is 24.3 Å². The summed E-state index contributed by atoms with van der Waals surface area (Å²) >= 11 is 0. The maximum Gasteiger partial charge on any atom is 0.416 e. The van der Waals surface area contributed by atoms with Crippen molar-refractivity contribution in [2.75, 3.05) is 12.0 Å². The minimum atomic E-state index is -4.52. The van der Waals surface area contributed by atoms with E-state index in [1.807, 2.05) is 0 Å². The summed E-state index contributed by atoms with van der Waals surface area (Å²) < 4.78 is 59.7. The highest BCUT2D eigenvalue weighted by Crippen LogP contribution is 2.29. The Balaban J connectivity index is 2.72. The van der Waals surface area contributed by atoms with Crippen molar-refractivity contribution < 1.29 is 26.4 Å². The van der Waals surface area contributed by atoms with Crippen LogP contribution in [0.1, 0.15) is 29.3 Å². The van der Waals surface area contributed by atoms with Crippen molar-refractivity contribution in [3.63, 3.8) is 0 Å². The van der Waals surface area contributed by atoms with Crippen LogP contribution < -0.4 is 5.32 Å². The first-order chi connectivity index (χ1) is 9.49. The zero-order valence-electron chi connectivity index (χ0n) is 11.6. The Bertz CT molecular complexity index is 611. The lowest BCUT2D eigenvalue weighted by molar-refractivity contribution is -0.137. The monoisotopic (exact) mass is 323 g/mol. The molecule has 0 heterocycles. The van der Waals surface area contributed by atoms with Crippen LogP contribution in [0.2, 0.25) is 0 Å². The van der Waals surface area contributed by atoms with Gasteiger partial charge in [0, 0.05) is 17.9 Å². The quantitative estimate of drug-likeness (QED) is 0.904. The lowest BCUT2D eigenvalue weighted by Crippen LogP contribution is -2.34. The van der Waals surface area contributed by atoms with E-state index in [2.05, 4.69) is 5.32 Å². The first kappa shape index (κ1) is 17.5. The van der Waals surface area contributed by atoms with Crippen molar-refractivity contribution in [3.05, 3.63) is 35.4 Å². The van der Waals surface area contributed by atoms with Gasteiger partial charge in [-0.3, -0.25) is 4.79 Å². The Morgan fingerprint density at radius 3 is 2.48 bits per heavy atom. The molecule has 0 aliphatic heterocycles. The molecule has 4 nitrogen and oxygen atoms in total. The van der Waals surface area contributed by atoms with Gasteiger partial charge in [-0.15, -0.1) is 0 Å². The molecule has 21 heavy (non-hydrogen) atoms. The Hall–Kier alpha value is -1.57. The number of nitrogens with one attached hydrogen (secondary N) is 1. The van der Waals surface area contributed by atoms with Gasteiger partial charge in [0.15, 0.2) is 0 Å². The van der Waals surface area contributed by atoms with Crippen LogP contribution in [-0.2, 0) is 16.0 Å². The van der Waals surface area contributed by atoms with Crippen molar-refractivity contribution >= 4 is 15.7 Å². The second-order valence-electron chi connectivity index (χ2n) is 4.87. The number of amides is 1. The summed E-state index contributed by atoms with van der Waals surface area (Å²) in [5.74, 6) is -0.765. The molecule has 0 bridgehead atoms. The number of hydrogen-bond acceptors (Lipinski definition) is 3. The molecule has 8 heteroatoms. The fraction of sp³-hybridized carbons (Fsp3) is 0.462. The molecule has 1 atom stereocenters. The van der Waals surface area contributed by atoms with E-state index in [-0.39, 0.29) is 17.7 Å². The van der Waals surface area contributed by atoms with Crippen LogP contribution in [0, 0.1) is 0 Å². The van der Waals surface area contributed by atoms with Crippen molar-refractivity contribution in [2.24, 2.45) is 0 Å². The zero-order chi connectivity index (χ0) is 16.3. The molecule has 1 rings (SSSR count). The Labute approximate surface area is 121 Å². The minimum absolute atomic E-state index is 0.100. The molecule has 0 spiro atoms. The summed E-state index contributed by atoms with van der Waals surface area (Å²) in [6, 6.07) is 3.61. The number of alkyl halides is 3. The van der Waals surface area contributed by atoms with Gasteiger partial charge in [-0.05, 0) is 31.5 Å². The van der Waals surface area contributed by atoms with Gasteiger partial charge in [-0.2, -0.15) is 13.2 Å². The summed E-state index contributed by atoms with van der Waals surface area (Å²) in [6.07, 6.45) is -3.24. The highest BCUT2D eigenvalue weighted by molar-refractivity contribution is 7.90. The standard InChI is InChI=1S/C13H16F3NO3S/c1-9(6-7-21(2,19)20)17-12(18)10-4-3-5-11(8-10)13(14,15)16/h3-5,8-9H,6-7H2,1-2H3,(H,17,18). The van der Waals surface area contributed by atoms with Gasteiger partial charge in [-0.25, -0.2) is 8.42 Å². The van der Waals surface area contributed by atoms with Crippen LogP contribution >= 0.6 is 0 Å². The number of carbonyl (C=O) groups is 1. The number of sulfone groups is 1. The predicted molar refractivity (Wildman–Crippen MR) is 72.7 cm³/mol. The summed E-state index contributed by atoms with van der Waals surface area (Å²) in [7, 11) is -3.15. The fourth-order valence-corrected chi connectivity index (χ4v) is 2.39. The molecule has 0 saturated heterocycles. The van der Waals surface area contributed by atoms with Gasteiger partial charge in [-0.1, -0.05) is 6.07 Å². The molecule has 0 radical (unpaired) electrons. The van der Waals surface area contributed by atoms with Crippen LogP contribution in [0.3, 0.4) is 0 Å². The maximum absolute atomic E-state index is 12.5. The van der Waals surface area contributed by atoms with Gasteiger partial charge >= 0.3 is 6.18 Å². The molecular weight excluding hydrogens is 307 g/mol. The molecule has 1 amide bonds. The second kappa shape index (κ2) is 6.46. The Kier molecular flexibility index (Phi) is 5.38. The summed E-state index contributed by atoms with van der Waals surface area (Å²) in [4.78, 5) is 11.8. The van der Waals surface area contributed by atoms with Gasteiger partial charge in [0.2, 0.25) is 0 Å². The third-order valence-corrected chi connectivity index (χ3v) is 3.73. The van der Waals surface area contributed by atoms with Crippen LogP contribution in [-0.4, -0.2) is 32.4 Å². The number of rotatable bonds is 5. The molecule has 118 valence electrons. The van der Waals surface area contributed by atoms with Gasteiger partial charge in [0.1, 0.15) is 9.84 Å². The molecule has 1 aromatic rings. The SMILES string of the molecule is CC(CCS(C)(=O)=O)NC(=O)c1cccc(C(F)(F)F)c1. The molecule has 1 N–H and O–H groups in total. The summed E-state index contributed by atoms with van der Waals surface area (Å²) in [5.41, 5.74) is -1.02. The normalized spacial score (nSPS) is 13.8. The average Bonchev–Trinajstić information content (AvgIpc) is 2.34. The lowest BCUT2D eigenvalue weighted by atomic mass is 10.1. The van der Waals surface area contributed by atoms with Gasteiger partial charge in [0.05, 0.1) is 11.3 Å². The predicted octanol–water partition coefficient (Wildman–Crippen LogP) is 2.26. The number of hydrogen-bond donors (Lipinski definition) is 1. The maximum atomic E-state index is 12.5. The average molecular weight is 323 g/mol. The summed E-state index contributed by atoms with van der Waals surface area (Å²) in [5, 5.41) is 2.48. The third kappa shape index (κ3) is 6.16. The molecule has 1 unspecified atom stereocenters. The van der Waals surface area contributed by atoms with E-state index in [0.717, 1.165) is 24.5 Å². The largest absolute Gasteiger partial charge is 0.416 e.